The van der Waals surface area contributed by atoms with Gasteiger partial charge in [0.1, 0.15) is 18.0 Å². The summed E-state index contributed by atoms with van der Waals surface area (Å²) >= 11 is 0. The quantitative estimate of drug-likeness (QED) is 0.930. The summed E-state index contributed by atoms with van der Waals surface area (Å²) in [6.45, 7) is 2.51. The van der Waals surface area contributed by atoms with Crippen LogP contribution in [0, 0.1) is 0 Å². The first-order valence-corrected chi connectivity index (χ1v) is 7.20. The van der Waals surface area contributed by atoms with Gasteiger partial charge in [0.15, 0.2) is 0 Å². The van der Waals surface area contributed by atoms with E-state index in [0.717, 1.165) is 35.3 Å². The summed E-state index contributed by atoms with van der Waals surface area (Å²) in [7, 11) is 0. The van der Waals surface area contributed by atoms with E-state index in [1.165, 1.54) is 18.4 Å². The molecule has 0 atom stereocenters. The van der Waals surface area contributed by atoms with Crippen molar-refractivity contribution in [3.05, 3.63) is 29.5 Å². The molecule has 0 fully saturated rings. The molecule has 0 saturated heterocycles. The van der Waals surface area contributed by atoms with E-state index in [9.17, 15) is 4.79 Å². The summed E-state index contributed by atoms with van der Waals surface area (Å²) < 4.78 is 11.0. The van der Waals surface area contributed by atoms with Crippen molar-refractivity contribution in [2.75, 3.05) is 18.5 Å². The highest BCUT2D eigenvalue weighted by Crippen LogP contribution is 2.33. The van der Waals surface area contributed by atoms with Crippen LogP contribution >= 0.6 is 0 Å². The number of benzene rings is 1. The molecule has 1 heterocycles. The first-order chi connectivity index (χ1) is 9.78. The minimum absolute atomic E-state index is 0.0953. The molecule has 1 N–H and O–H groups in total. The lowest BCUT2D eigenvalue weighted by atomic mass is 9.96. The standard InChI is InChI=1S/C16H19NO3/c1-2-19-10-16(18)17-11-7-8-15-13(9-11)12-5-3-4-6-14(12)20-15/h7-9H,2-6,10H2,1H3,(H,17,18). The van der Waals surface area contributed by atoms with Crippen molar-refractivity contribution in [2.45, 2.75) is 32.6 Å². The Balaban J connectivity index is 1.84. The van der Waals surface area contributed by atoms with E-state index in [1.807, 2.05) is 25.1 Å². The van der Waals surface area contributed by atoms with Gasteiger partial charge in [0.05, 0.1) is 0 Å². The van der Waals surface area contributed by atoms with Crippen molar-refractivity contribution in [1.82, 2.24) is 0 Å². The largest absolute Gasteiger partial charge is 0.461 e. The summed E-state index contributed by atoms with van der Waals surface area (Å²) in [6.07, 6.45) is 4.50. The van der Waals surface area contributed by atoms with Gasteiger partial charge in [0.25, 0.3) is 0 Å². The van der Waals surface area contributed by atoms with Gasteiger partial charge in [0.2, 0.25) is 5.91 Å². The number of carbonyl (C=O) groups excluding carboxylic acids is 1. The maximum Gasteiger partial charge on any atom is 0.250 e. The molecule has 1 aromatic carbocycles. The van der Waals surface area contributed by atoms with Gasteiger partial charge in [-0.2, -0.15) is 0 Å². The van der Waals surface area contributed by atoms with Crippen LogP contribution in [0.25, 0.3) is 11.0 Å². The number of anilines is 1. The second-order valence-electron chi connectivity index (χ2n) is 5.11. The zero-order valence-electron chi connectivity index (χ0n) is 11.7. The molecule has 4 heteroatoms. The number of rotatable bonds is 4. The van der Waals surface area contributed by atoms with Gasteiger partial charge in [-0.05, 0) is 44.4 Å². The normalized spacial score (nSPS) is 14.2. The molecule has 0 radical (unpaired) electrons. The Morgan fingerprint density at radius 2 is 2.20 bits per heavy atom. The Hall–Kier alpha value is -1.81. The summed E-state index contributed by atoms with van der Waals surface area (Å²) in [6, 6.07) is 5.82. The number of amides is 1. The maximum atomic E-state index is 11.7. The SMILES string of the molecule is CCOCC(=O)Nc1ccc2oc3c(c2c1)CCCC3. The molecule has 1 aliphatic carbocycles. The van der Waals surface area contributed by atoms with Gasteiger partial charge in [-0.15, -0.1) is 0 Å². The Labute approximate surface area is 118 Å². The van der Waals surface area contributed by atoms with E-state index in [0.29, 0.717) is 6.61 Å². The second kappa shape index (κ2) is 5.67. The molecule has 20 heavy (non-hydrogen) atoms. The molecule has 0 aliphatic heterocycles. The second-order valence-corrected chi connectivity index (χ2v) is 5.11. The third kappa shape index (κ3) is 2.56. The van der Waals surface area contributed by atoms with Crippen LogP contribution in [0.4, 0.5) is 5.69 Å². The van der Waals surface area contributed by atoms with Crippen LogP contribution in [0.1, 0.15) is 31.1 Å². The Kier molecular flexibility index (Phi) is 3.74. The van der Waals surface area contributed by atoms with Crippen LogP contribution < -0.4 is 5.32 Å². The van der Waals surface area contributed by atoms with E-state index in [1.54, 1.807) is 0 Å². The smallest absolute Gasteiger partial charge is 0.250 e. The number of hydrogen-bond donors (Lipinski definition) is 1. The molecule has 4 nitrogen and oxygen atoms in total. The number of carbonyl (C=O) groups is 1. The van der Waals surface area contributed by atoms with Crippen molar-refractivity contribution in [3.8, 4) is 0 Å². The summed E-state index contributed by atoms with van der Waals surface area (Å²) in [5.41, 5.74) is 3.03. The molecule has 1 amide bonds. The van der Waals surface area contributed by atoms with Gasteiger partial charge in [0, 0.05) is 29.7 Å². The van der Waals surface area contributed by atoms with Crippen LogP contribution in [0.5, 0.6) is 0 Å². The summed E-state index contributed by atoms with van der Waals surface area (Å²) in [5, 5.41) is 3.99. The molecule has 2 aromatic rings. The summed E-state index contributed by atoms with van der Waals surface area (Å²) in [5.74, 6) is 0.993. The van der Waals surface area contributed by atoms with Gasteiger partial charge in [-0.3, -0.25) is 4.79 Å². The minimum Gasteiger partial charge on any atom is -0.461 e. The molecule has 106 valence electrons. The minimum atomic E-state index is -0.122. The number of aryl methyl sites for hydroxylation is 2. The van der Waals surface area contributed by atoms with Crippen LogP contribution in [0.15, 0.2) is 22.6 Å². The highest BCUT2D eigenvalue weighted by atomic mass is 16.5. The average molecular weight is 273 g/mol. The number of nitrogens with one attached hydrogen (secondary N) is 1. The number of fused-ring (bicyclic) bond motifs is 3. The Morgan fingerprint density at radius 3 is 3.05 bits per heavy atom. The number of furan rings is 1. The lowest BCUT2D eigenvalue weighted by molar-refractivity contribution is -0.120. The predicted octanol–water partition coefficient (Wildman–Crippen LogP) is 3.29. The van der Waals surface area contributed by atoms with Crippen LogP contribution in [-0.2, 0) is 22.4 Å². The first kappa shape index (κ1) is 13.2. The first-order valence-electron chi connectivity index (χ1n) is 7.20. The highest BCUT2D eigenvalue weighted by Gasteiger charge is 2.18. The lowest BCUT2D eigenvalue weighted by Crippen LogP contribution is -2.18. The van der Waals surface area contributed by atoms with Crippen molar-refractivity contribution < 1.29 is 13.9 Å². The fourth-order valence-electron chi connectivity index (χ4n) is 2.73. The van der Waals surface area contributed by atoms with Crippen LogP contribution in [-0.4, -0.2) is 19.1 Å². The topological polar surface area (TPSA) is 51.5 Å². The van der Waals surface area contributed by atoms with E-state index < -0.39 is 0 Å². The molecule has 0 bridgehead atoms. The van der Waals surface area contributed by atoms with E-state index in [2.05, 4.69) is 5.32 Å². The van der Waals surface area contributed by atoms with Crippen molar-refractivity contribution in [2.24, 2.45) is 0 Å². The van der Waals surface area contributed by atoms with Crippen molar-refractivity contribution >= 4 is 22.6 Å². The van der Waals surface area contributed by atoms with E-state index in [-0.39, 0.29) is 12.5 Å². The lowest BCUT2D eigenvalue weighted by Gasteiger charge is -2.09. The van der Waals surface area contributed by atoms with Gasteiger partial charge < -0.3 is 14.5 Å². The maximum absolute atomic E-state index is 11.7. The van der Waals surface area contributed by atoms with Crippen LogP contribution in [0.2, 0.25) is 0 Å². The monoisotopic (exact) mass is 273 g/mol. The Morgan fingerprint density at radius 1 is 1.35 bits per heavy atom. The fourth-order valence-corrected chi connectivity index (χ4v) is 2.73. The zero-order valence-corrected chi connectivity index (χ0v) is 11.7. The predicted molar refractivity (Wildman–Crippen MR) is 78.0 cm³/mol. The summed E-state index contributed by atoms with van der Waals surface area (Å²) in [4.78, 5) is 11.7. The van der Waals surface area contributed by atoms with Crippen LogP contribution in [0.3, 0.4) is 0 Å². The van der Waals surface area contributed by atoms with Crippen molar-refractivity contribution in [1.29, 1.82) is 0 Å². The zero-order chi connectivity index (χ0) is 13.9. The van der Waals surface area contributed by atoms with Gasteiger partial charge in [-0.1, -0.05) is 0 Å². The molecule has 1 aliphatic rings. The fraction of sp³-hybridized carbons (Fsp3) is 0.438. The molecule has 0 unspecified atom stereocenters. The Bertz CT molecular complexity index is 630. The van der Waals surface area contributed by atoms with E-state index in [4.69, 9.17) is 9.15 Å². The molecule has 3 rings (SSSR count). The molecule has 1 aromatic heterocycles. The third-order valence-electron chi connectivity index (χ3n) is 3.68. The number of ether oxygens (including phenoxy) is 1. The van der Waals surface area contributed by atoms with Gasteiger partial charge in [-0.25, -0.2) is 0 Å². The molecular weight excluding hydrogens is 254 g/mol. The van der Waals surface area contributed by atoms with E-state index >= 15 is 0 Å². The van der Waals surface area contributed by atoms with Crippen molar-refractivity contribution in [3.63, 3.8) is 0 Å². The molecule has 0 saturated carbocycles. The molecule has 0 spiro atoms. The number of hydrogen-bond acceptors (Lipinski definition) is 3. The third-order valence-corrected chi connectivity index (χ3v) is 3.68. The average Bonchev–Trinajstić information content (AvgIpc) is 2.83. The highest BCUT2D eigenvalue weighted by molar-refractivity contribution is 5.95. The van der Waals surface area contributed by atoms with Gasteiger partial charge >= 0.3 is 0 Å². The molecular formula is C16H19NO3.